The molecule has 274 valence electrons. The molecule has 2 aromatic rings. The van der Waals surface area contributed by atoms with Gasteiger partial charge in [-0.15, -0.1) is 0 Å². The van der Waals surface area contributed by atoms with Gasteiger partial charge in [0.2, 0.25) is 0 Å². The Bertz CT molecular complexity index is 1400. The van der Waals surface area contributed by atoms with Gasteiger partial charge in [0, 0.05) is 31.9 Å². The van der Waals surface area contributed by atoms with Gasteiger partial charge in [0.1, 0.15) is 28.4 Å². The number of hydrogen-bond acceptors (Lipinski definition) is 8. The minimum atomic E-state index is -0.717. The Labute approximate surface area is 291 Å². The number of anilines is 1. The van der Waals surface area contributed by atoms with Crippen molar-refractivity contribution in [1.82, 2.24) is 14.8 Å². The molecular weight excluding hydrogens is 631 g/mol. The molecule has 11 nitrogen and oxygen atoms in total. The average molecular weight is 689 g/mol. The molecule has 0 fully saturated rings. The van der Waals surface area contributed by atoms with Crippen LogP contribution in [0, 0.1) is 12.7 Å². The van der Waals surface area contributed by atoms with Gasteiger partial charge in [0.15, 0.2) is 0 Å². The zero-order chi connectivity index (χ0) is 37.2. The lowest BCUT2D eigenvalue weighted by Crippen LogP contribution is -2.45. The van der Waals surface area contributed by atoms with E-state index in [1.165, 1.54) is 17.0 Å². The number of likely N-dealkylation sites (N-methyl/N-ethyl adjacent to an activating group) is 1. The first-order valence-corrected chi connectivity index (χ1v) is 16.8. The van der Waals surface area contributed by atoms with Gasteiger partial charge in [-0.2, -0.15) is 0 Å². The predicted octanol–water partition coefficient (Wildman–Crippen LogP) is 7.93. The summed E-state index contributed by atoms with van der Waals surface area (Å²) in [6, 6.07) is 9.66. The zero-order valence-corrected chi connectivity index (χ0v) is 31.4. The number of carbonyl (C=O) groups excluding carboxylic acids is 3. The summed E-state index contributed by atoms with van der Waals surface area (Å²) < 4.78 is 36.9. The SMILES string of the molecule is Cc1cc(CCC(CN(C)C(=O)OC(C)(C)C)OCCN(C(=O)OC(C)(C)C)C(C)Cc2cccc(F)c2)nc(NC(=O)OC(C)(C)C)c1. The highest BCUT2D eigenvalue weighted by Crippen LogP contribution is 2.19. The maximum absolute atomic E-state index is 13.9. The number of carbonyl (C=O) groups is 3. The van der Waals surface area contributed by atoms with Crippen molar-refractivity contribution in [3.05, 3.63) is 59.0 Å². The Balaban J connectivity index is 2.23. The maximum Gasteiger partial charge on any atom is 0.413 e. The lowest BCUT2D eigenvalue weighted by Gasteiger charge is -2.33. The highest BCUT2D eigenvalue weighted by Gasteiger charge is 2.28. The van der Waals surface area contributed by atoms with Gasteiger partial charge in [-0.3, -0.25) is 5.32 Å². The van der Waals surface area contributed by atoms with E-state index in [4.69, 9.17) is 18.9 Å². The van der Waals surface area contributed by atoms with Crippen molar-refractivity contribution < 1.29 is 37.7 Å². The summed E-state index contributed by atoms with van der Waals surface area (Å²) in [6.07, 6.45) is -0.682. The molecule has 49 heavy (non-hydrogen) atoms. The second-order valence-electron chi connectivity index (χ2n) is 15.4. The van der Waals surface area contributed by atoms with Gasteiger partial charge >= 0.3 is 18.3 Å². The van der Waals surface area contributed by atoms with Gasteiger partial charge in [-0.05, 0) is 131 Å². The van der Waals surface area contributed by atoms with Crippen LogP contribution in [0.15, 0.2) is 36.4 Å². The predicted molar refractivity (Wildman–Crippen MR) is 188 cm³/mol. The van der Waals surface area contributed by atoms with Gasteiger partial charge < -0.3 is 28.7 Å². The van der Waals surface area contributed by atoms with Crippen LogP contribution in [-0.4, -0.2) is 88.8 Å². The fourth-order valence-electron chi connectivity index (χ4n) is 4.84. The Hall–Kier alpha value is -3.93. The summed E-state index contributed by atoms with van der Waals surface area (Å²) in [5.74, 6) is 0.0255. The van der Waals surface area contributed by atoms with Crippen LogP contribution in [0.2, 0.25) is 0 Å². The second-order valence-corrected chi connectivity index (χ2v) is 15.4. The third-order valence-electron chi connectivity index (χ3n) is 6.82. The van der Waals surface area contributed by atoms with Crippen LogP contribution in [0.25, 0.3) is 0 Å². The summed E-state index contributed by atoms with van der Waals surface area (Å²) in [7, 11) is 1.65. The molecule has 0 aliphatic heterocycles. The number of nitrogens with zero attached hydrogens (tertiary/aromatic N) is 3. The normalized spacial score (nSPS) is 13.2. The highest BCUT2D eigenvalue weighted by molar-refractivity contribution is 5.83. The molecule has 1 heterocycles. The number of hydrogen-bond donors (Lipinski definition) is 1. The quantitative estimate of drug-likeness (QED) is 0.211. The molecule has 0 aliphatic rings. The van der Waals surface area contributed by atoms with Crippen molar-refractivity contribution in [3.63, 3.8) is 0 Å². The topological polar surface area (TPSA) is 120 Å². The fraction of sp³-hybridized carbons (Fsp3) is 0.622. The van der Waals surface area contributed by atoms with Crippen molar-refractivity contribution in [2.45, 2.75) is 124 Å². The molecule has 1 aromatic carbocycles. The maximum atomic E-state index is 13.9. The van der Waals surface area contributed by atoms with E-state index in [0.29, 0.717) is 25.1 Å². The van der Waals surface area contributed by atoms with E-state index in [0.717, 1.165) is 16.8 Å². The summed E-state index contributed by atoms with van der Waals surface area (Å²) >= 11 is 0. The summed E-state index contributed by atoms with van der Waals surface area (Å²) in [5.41, 5.74) is 0.336. The molecule has 12 heteroatoms. The monoisotopic (exact) mass is 688 g/mol. The van der Waals surface area contributed by atoms with E-state index in [-0.39, 0.29) is 31.6 Å². The van der Waals surface area contributed by atoms with Crippen molar-refractivity contribution in [3.8, 4) is 0 Å². The van der Waals surface area contributed by atoms with Gasteiger partial charge in [0.25, 0.3) is 0 Å². The molecule has 0 aliphatic carbocycles. The summed E-state index contributed by atoms with van der Waals surface area (Å²) in [6.45, 7) is 20.5. The molecule has 3 amide bonds. The third kappa shape index (κ3) is 16.8. The number of nitrogens with one attached hydrogen (secondary N) is 1. The lowest BCUT2D eigenvalue weighted by atomic mass is 10.1. The van der Waals surface area contributed by atoms with Crippen molar-refractivity contribution in [2.75, 3.05) is 32.1 Å². The number of halogens is 1. The van der Waals surface area contributed by atoms with Crippen molar-refractivity contribution in [2.24, 2.45) is 0 Å². The first-order chi connectivity index (χ1) is 22.5. The molecule has 0 radical (unpaired) electrons. The minimum absolute atomic E-state index is 0.145. The van der Waals surface area contributed by atoms with E-state index < -0.39 is 41.2 Å². The average Bonchev–Trinajstić information content (AvgIpc) is 2.90. The molecule has 0 bridgehead atoms. The van der Waals surface area contributed by atoms with Crippen LogP contribution in [0.4, 0.5) is 24.6 Å². The molecule has 2 rings (SSSR count). The van der Waals surface area contributed by atoms with Crippen LogP contribution in [0.3, 0.4) is 0 Å². The molecule has 0 saturated heterocycles. The van der Waals surface area contributed by atoms with Crippen molar-refractivity contribution >= 4 is 24.1 Å². The van der Waals surface area contributed by atoms with E-state index in [2.05, 4.69) is 10.3 Å². The Morgan fingerprint density at radius 3 is 2.10 bits per heavy atom. The van der Waals surface area contributed by atoms with Crippen molar-refractivity contribution in [1.29, 1.82) is 0 Å². The molecule has 1 N–H and O–H groups in total. The smallest absolute Gasteiger partial charge is 0.413 e. The second kappa shape index (κ2) is 17.6. The number of rotatable bonds is 13. The first kappa shape index (κ1) is 41.2. The zero-order valence-electron chi connectivity index (χ0n) is 31.4. The highest BCUT2D eigenvalue weighted by atomic mass is 19.1. The van der Waals surface area contributed by atoms with E-state index >= 15 is 0 Å². The standard InChI is InChI=1S/C37H57FN4O7/c1-25-20-29(39-31(21-25)40-32(43)47-35(3,4)5)16-17-30(24-41(12)33(44)48-36(6,7)8)46-19-18-42(34(45)49-37(9,10)11)26(2)22-27-14-13-15-28(38)23-27/h13-15,20-21,23,26,30H,16-19,22,24H2,1-12H3,(H,39,40,43). The molecule has 0 spiro atoms. The van der Waals surface area contributed by atoms with E-state index in [1.807, 2.05) is 26.0 Å². The van der Waals surface area contributed by atoms with Gasteiger partial charge in [0.05, 0.1) is 12.7 Å². The molecule has 2 unspecified atom stereocenters. The Morgan fingerprint density at radius 2 is 1.51 bits per heavy atom. The summed E-state index contributed by atoms with van der Waals surface area (Å²) in [5, 5.41) is 2.70. The minimum Gasteiger partial charge on any atom is -0.444 e. The number of pyridine rings is 1. The van der Waals surface area contributed by atoms with Crippen LogP contribution >= 0.6 is 0 Å². The molecule has 2 atom stereocenters. The third-order valence-corrected chi connectivity index (χ3v) is 6.82. The number of ether oxygens (including phenoxy) is 4. The Kier molecular flexibility index (Phi) is 14.8. The van der Waals surface area contributed by atoms with Gasteiger partial charge in [-0.25, -0.2) is 23.8 Å². The van der Waals surface area contributed by atoms with Crippen LogP contribution in [0.5, 0.6) is 0 Å². The number of aromatic nitrogens is 1. The van der Waals surface area contributed by atoms with E-state index in [1.54, 1.807) is 86.4 Å². The van der Waals surface area contributed by atoms with Gasteiger partial charge in [-0.1, -0.05) is 12.1 Å². The summed E-state index contributed by atoms with van der Waals surface area (Å²) in [4.78, 5) is 46.2. The van der Waals surface area contributed by atoms with Crippen LogP contribution < -0.4 is 5.32 Å². The van der Waals surface area contributed by atoms with Crippen LogP contribution in [-0.2, 0) is 31.8 Å². The Morgan fingerprint density at radius 1 is 0.898 bits per heavy atom. The number of aryl methyl sites for hydroxylation is 2. The number of benzene rings is 1. The first-order valence-electron chi connectivity index (χ1n) is 16.8. The fourth-order valence-corrected chi connectivity index (χ4v) is 4.84. The van der Waals surface area contributed by atoms with E-state index in [9.17, 15) is 18.8 Å². The molecule has 1 aromatic heterocycles. The largest absolute Gasteiger partial charge is 0.444 e. The van der Waals surface area contributed by atoms with Crippen LogP contribution in [0.1, 0.15) is 92.5 Å². The number of amides is 3. The molecular formula is C37H57FN4O7. The molecule has 0 saturated carbocycles. The lowest BCUT2D eigenvalue weighted by molar-refractivity contribution is -0.0146.